The number of carbonyl (C=O) groups is 1. The van der Waals surface area contributed by atoms with Crippen LogP contribution in [-0.2, 0) is 4.74 Å². The van der Waals surface area contributed by atoms with E-state index in [0.29, 0.717) is 29.7 Å². The van der Waals surface area contributed by atoms with E-state index in [1.807, 2.05) is 6.07 Å². The van der Waals surface area contributed by atoms with Crippen LogP contribution in [0.25, 0.3) is 5.76 Å². The van der Waals surface area contributed by atoms with Gasteiger partial charge in [0.2, 0.25) is 0 Å². The van der Waals surface area contributed by atoms with Crippen molar-refractivity contribution in [3.8, 4) is 6.07 Å². The number of carbonyl (C=O) groups excluding carboxylic acids is 1. The molecule has 1 aliphatic rings. The van der Waals surface area contributed by atoms with E-state index in [4.69, 9.17) is 10.00 Å². The molecule has 0 atom stereocenters. The molecular weight excluding hydrogens is 209 g/mol. The first-order valence-corrected chi connectivity index (χ1v) is 4.81. The van der Waals surface area contributed by atoms with Gasteiger partial charge in [-0.2, -0.15) is 5.26 Å². The predicted octanol–water partition coefficient (Wildman–Crippen LogP) is 2.64. The number of halogens is 1. The van der Waals surface area contributed by atoms with E-state index in [0.717, 1.165) is 0 Å². The fraction of sp³-hybridized carbons (Fsp3) is 0.167. The number of ether oxygens (including phenoxy) is 1. The molecule has 1 aromatic carbocycles. The third kappa shape index (κ3) is 1.80. The Morgan fingerprint density at radius 1 is 1.44 bits per heavy atom. The monoisotopic (exact) mass is 217 g/mol. The molecule has 1 aromatic rings. The molecule has 1 aliphatic heterocycles. The molecular formula is C12H8FNO2. The van der Waals surface area contributed by atoms with Crippen LogP contribution in [0.5, 0.6) is 0 Å². The first-order valence-electron chi connectivity index (χ1n) is 4.81. The second-order valence-electron chi connectivity index (χ2n) is 3.34. The Morgan fingerprint density at radius 3 is 3.00 bits per heavy atom. The smallest absolute Gasteiger partial charge is 0.344 e. The molecule has 1 heterocycles. The molecule has 0 radical (unpaired) electrons. The van der Waals surface area contributed by atoms with Gasteiger partial charge in [0.1, 0.15) is 11.6 Å². The van der Waals surface area contributed by atoms with Gasteiger partial charge < -0.3 is 4.74 Å². The normalized spacial score (nSPS) is 15.8. The summed E-state index contributed by atoms with van der Waals surface area (Å²) < 4.78 is 18.0. The number of benzene rings is 1. The van der Waals surface area contributed by atoms with Crippen LogP contribution in [0.1, 0.15) is 28.8 Å². The molecule has 0 aromatic heterocycles. The number of hydrogen-bond donors (Lipinski definition) is 0. The number of rotatable bonds is 2. The van der Waals surface area contributed by atoms with Crippen molar-refractivity contribution in [2.45, 2.75) is 12.8 Å². The third-order valence-corrected chi connectivity index (χ3v) is 2.26. The predicted molar refractivity (Wildman–Crippen MR) is 54.6 cm³/mol. The molecule has 80 valence electrons. The van der Waals surface area contributed by atoms with Crippen molar-refractivity contribution < 1.29 is 13.9 Å². The lowest BCUT2D eigenvalue weighted by Gasteiger charge is -1.97. The van der Waals surface area contributed by atoms with E-state index >= 15 is 0 Å². The van der Waals surface area contributed by atoms with Gasteiger partial charge in [-0.15, -0.1) is 0 Å². The zero-order valence-corrected chi connectivity index (χ0v) is 8.37. The lowest BCUT2D eigenvalue weighted by molar-refractivity contribution is 0.0715. The Labute approximate surface area is 91.8 Å². The highest BCUT2D eigenvalue weighted by molar-refractivity contribution is 6.02. The highest BCUT2D eigenvalue weighted by atomic mass is 19.1. The second kappa shape index (κ2) is 4.15. The molecule has 2 rings (SSSR count). The van der Waals surface area contributed by atoms with Crippen molar-refractivity contribution in [3.05, 3.63) is 41.2 Å². The van der Waals surface area contributed by atoms with Crippen molar-refractivity contribution in [1.82, 2.24) is 0 Å². The van der Waals surface area contributed by atoms with E-state index in [1.54, 1.807) is 6.08 Å². The summed E-state index contributed by atoms with van der Waals surface area (Å²) in [6.07, 6.45) is 2.45. The molecule has 0 bridgehead atoms. The highest BCUT2D eigenvalue weighted by Gasteiger charge is 2.26. The maximum absolute atomic E-state index is 13.0. The number of nitrogens with zero attached hydrogens (tertiary/aromatic N) is 1. The van der Waals surface area contributed by atoms with Gasteiger partial charge in [0, 0.05) is 12.0 Å². The van der Waals surface area contributed by atoms with E-state index in [2.05, 4.69) is 0 Å². The first kappa shape index (κ1) is 10.4. The van der Waals surface area contributed by atoms with Crippen LogP contribution in [-0.4, -0.2) is 5.97 Å². The van der Waals surface area contributed by atoms with Crippen LogP contribution in [0.2, 0.25) is 0 Å². The average Bonchev–Trinajstić information content (AvgIpc) is 2.56. The van der Waals surface area contributed by atoms with E-state index in [9.17, 15) is 9.18 Å². The Morgan fingerprint density at radius 2 is 2.25 bits per heavy atom. The van der Waals surface area contributed by atoms with Crippen LogP contribution in [0.4, 0.5) is 4.39 Å². The number of cyclic esters (lactones) is 1. The summed E-state index contributed by atoms with van der Waals surface area (Å²) in [5.41, 5.74) is 0.826. The zero-order chi connectivity index (χ0) is 11.5. The van der Waals surface area contributed by atoms with Crippen molar-refractivity contribution in [1.29, 1.82) is 5.26 Å². The quantitative estimate of drug-likeness (QED) is 0.565. The summed E-state index contributed by atoms with van der Waals surface area (Å²) in [5, 5.41) is 8.38. The Hall–Kier alpha value is -2.15. The van der Waals surface area contributed by atoms with Crippen molar-refractivity contribution in [2.24, 2.45) is 0 Å². The summed E-state index contributed by atoms with van der Waals surface area (Å²) in [4.78, 5) is 11.4. The van der Waals surface area contributed by atoms with Gasteiger partial charge in [-0.05, 0) is 30.7 Å². The summed E-state index contributed by atoms with van der Waals surface area (Å²) in [7, 11) is 0. The van der Waals surface area contributed by atoms with Crippen LogP contribution in [0, 0.1) is 17.1 Å². The van der Waals surface area contributed by atoms with Gasteiger partial charge >= 0.3 is 5.97 Å². The molecule has 0 aliphatic carbocycles. The average molecular weight is 217 g/mol. The van der Waals surface area contributed by atoms with Crippen LogP contribution in [0.15, 0.2) is 24.3 Å². The minimum Gasteiger partial charge on any atom is -0.423 e. The van der Waals surface area contributed by atoms with Crippen molar-refractivity contribution in [2.75, 3.05) is 0 Å². The minimum absolute atomic E-state index is 0.339. The highest BCUT2D eigenvalue weighted by Crippen LogP contribution is 2.30. The molecule has 0 saturated carbocycles. The second-order valence-corrected chi connectivity index (χ2v) is 3.34. The number of esters is 1. The molecule has 0 saturated heterocycles. The van der Waals surface area contributed by atoms with Gasteiger partial charge in [0.05, 0.1) is 11.6 Å². The molecule has 0 N–H and O–H groups in total. The fourth-order valence-corrected chi connectivity index (χ4v) is 1.53. The molecule has 0 fully saturated rings. The lowest BCUT2D eigenvalue weighted by Crippen LogP contribution is -1.92. The standard InChI is InChI=1S/C12H8FNO2/c13-8-4-5-9-10(7-8)11(16-12(9)15)3-1-2-6-14/h3-5,7H,1-2H2. The number of unbranched alkanes of at least 4 members (excludes halogenated alkanes) is 1. The third-order valence-electron chi connectivity index (χ3n) is 2.26. The van der Waals surface area contributed by atoms with Crippen molar-refractivity contribution in [3.63, 3.8) is 0 Å². The van der Waals surface area contributed by atoms with Gasteiger partial charge in [-0.3, -0.25) is 0 Å². The molecule has 4 heteroatoms. The summed E-state index contributed by atoms with van der Waals surface area (Å²) >= 11 is 0. The molecule has 0 amide bonds. The molecule has 0 spiro atoms. The Balaban J connectivity index is 2.35. The summed E-state index contributed by atoms with van der Waals surface area (Å²) in [6.45, 7) is 0. The number of nitriles is 1. The summed E-state index contributed by atoms with van der Waals surface area (Å²) in [5.74, 6) is -0.545. The van der Waals surface area contributed by atoms with Crippen LogP contribution < -0.4 is 0 Å². The number of hydrogen-bond acceptors (Lipinski definition) is 3. The van der Waals surface area contributed by atoms with E-state index in [-0.39, 0.29) is 0 Å². The van der Waals surface area contributed by atoms with Gasteiger partial charge in [-0.25, -0.2) is 9.18 Å². The molecule has 16 heavy (non-hydrogen) atoms. The van der Waals surface area contributed by atoms with E-state index in [1.165, 1.54) is 18.2 Å². The lowest BCUT2D eigenvalue weighted by atomic mass is 10.1. The topological polar surface area (TPSA) is 50.1 Å². The summed E-state index contributed by atoms with van der Waals surface area (Å²) in [6, 6.07) is 5.86. The molecule has 0 unspecified atom stereocenters. The minimum atomic E-state index is -0.474. The van der Waals surface area contributed by atoms with Crippen LogP contribution in [0.3, 0.4) is 0 Å². The fourth-order valence-electron chi connectivity index (χ4n) is 1.53. The van der Waals surface area contributed by atoms with Gasteiger partial charge in [0.15, 0.2) is 0 Å². The number of allylic oxidation sites excluding steroid dienone is 1. The number of fused-ring (bicyclic) bond motifs is 1. The SMILES string of the molecule is N#CCCC=C1OC(=O)c2ccc(F)cc21. The molecule has 3 nitrogen and oxygen atoms in total. The van der Waals surface area contributed by atoms with Gasteiger partial charge in [-0.1, -0.05) is 0 Å². The Bertz CT molecular complexity index is 514. The maximum atomic E-state index is 13.0. The van der Waals surface area contributed by atoms with E-state index < -0.39 is 11.8 Å². The largest absolute Gasteiger partial charge is 0.423 e. The van der Waals surface area contributed by atoms with Crippen molar-refractivity contribution >= 4 is 11.7 Å². The van der Waals surface area contributed by atoms with Crippen LogP contribution >= 0.6 is 0 Å². The maximum Gasteiger partial charge on any atom is 0.344 e. The zero-order valence-electron chi connectivity index (χ0n) is 8.37. The Kier molecular flexibility index (Phi) is 2.69. The first-order chi connectivity index (χ1) is 7.72. The van der Waals surface area contributed by atoms with Gasteiger partial charge in [0.25, 0.3) is 0 Å².